The summed E-state index contributed by atoms with van der Waals surface area (Å²) in [5.74, 6) is 2.01. The van der Waals surface area contributed by atoms with Crippen LogP contribution < -0.4 is 14.4 Å². The van der Waals surface area contributed by atoms with Gasteiger partial charge in [0.05, 0.1) is 36.7 Å². The number of piperidine rings is 1. The highest BCUT2D eigenvalue weighted by molar-refractivity contribution is 5.84. The number of β-amino-alcohol motifs (C(OH)–C–C–N with tert-alkyl or cyclic N) is 1. The molecule has 3 atom stereocenters. The molecule has 1 N–H and O–H groups in total. The zero-order valence-electron chi connectivity index (χ0n) is 24.7. The molecule has 8 heterocycles. The molecule has 1 saturated carbocycles. The van der Waals surface area contributed by atoms with E-state index in [4.69, 9.17) is 19.4 Å². The smallest absolute Gasteiger partial charge is 0.225 e. The normalized spacial score (nSPS) is 23.9. The third kappa shape index (κ3) is 4.81. The van der Waals surface area contributed by atoms with Crippen LogP contribution in [0.1, 0.15) is 30.4 Å². The van der Waals surface area contributed by atoms with Gasteiger partial charge in [0.2, 0.25) is 11.8 Å². The van der Waals surface area contributed by atoms with Gasteiger partial charge in [0.1, 0.15) is 18.4 Å². The van der Waals surface area contributed by atoms with Crippen molar-refractivity contribution in [3.8, 4) is 28.8 Å². The van der Waals surface area contributed by atoms with Crippen LogP contribution in [-0.2, 0) is 6.54 Å². The van der Waals surface area contributed by atoms with Crippen LogP contribution in [0.15, 0.2) is 49.2 Å². The largest absolute Gasteiger partial charge is 0.491 e. The summed E-state index contributed by atoms with van der Waals surface area (Å²) in [4.78, 5) is 21.0. The predicted octanol–water partition coefficient (Wildman–Crippen LogP) is 2.37. The molecule has 0 amide bonds. The van der Waals surface area contributed by atoms with Crippen LogP contribution in [0.4, 0.5) is 5.95 Å². The number of aromatic nitrogens is 5. The fraction of sp³-hybridized carbons (Fsp3) is 0.469. The number of aliphatic hydroxyl groups excluding tert-OH is 1. The molecule has 5 aliphatic rings. The molecule has 12 heteroatoms. The lowest BCUT2D eigenvalue weighted by Gasteiger charge is -2.56. The predicted molar refractivity (Wildman–Crippen MR) is 161 cm³/mol. The molecule has 0 radical (unpaired) electrons. The molecule has 3 unspecified atom stereocenters. The Kier molecular flexibility index (Phi) is 6.62. The van der Waals surface area contributed by atoms with E-state index in [2.05, 4.69) is 36.9 Å². The van der Waals surface area contributed by atoms with Crippen LogP contribution in [-0.4, -0.2) is 104 Å². The van der Waals surface area contributed by atoms with Crippen molar-refractivity contribution in [2.24, 2.45) is 5.41 Å². The zero-order chi connectivity index (χ0) is 29.8. The quantitative estimate of drug-likeness (QED) is 0.307. The van der Waals surface area contributed by atoms with Crippen LogP contribution in [0.5, 0.6) is 11.6 Å². The van der Waals surface area contributed by atoms with Crippen molar-refractivity contribution in [2.45, 2.75) is 44.0 Å². The number of rotatable bonds is 9. The van der Waals surface area contributed by atoms with Crippen molar-refractivity contribution in [2.75, 3.05) is 51.3 Å². The summed E-state index contributed by atoms with van der Waals surface area (Å²) in [6, 6.07) is 9.10. The van der Waals surface area contributed by atoms with E-state index in [0.717, 1.165) is 56.7 Å². The summed E-state index contributed by atoms with van der Waals surface area (Å²) in [7, 11) is 1.63. The van der Waals surface area contributed by atoms with Gasteiger partial charge in [-0.2, -0.15) is 10.4 Å². The second kappa shape index (κ2) is 10.7. The van der Waals surface area contributed by atoms with E-state index in [0.29, 0.717) is 53.9 Å². The van der Waals surface area contributed by atoms with E-state index in [1.165, 1.54) is 12.0 Å². The maximum atomic E-state index is 10.4. The minimum Gasteiger partial charge on any atom is -0.491 e. The lowest BCUT2D eigenvalue weighted by Crippen LogP contribution is -2.68. The molecular formula is C32H35N9O3. The van der Waals surface area contributed by atoms with Crippen LogP contribution in [0.3, 0.4) is 0 Å². The number of hydrogen-bond donors (Lipinski definition) is 1. The van der Waals surface area contributed by atoms with Crippen molar-refractivity contribution in [3.63, 3.8) is 0 Å². The van der Waals surface area contributed by atoms with Gasteiger partial charge in [-0.15, -0.1) is 0 Å². The number of methoxy groups -OCH3 is 1. The Labute approximate surface area is 255 Å². The summed E-state index contributed by atoms with van der Waals surface area (Å²) in [5, 5.41) is 24.6. The first-order valence-corrected chi connectivity index (χ1v) is 15.3. The Morgan fingerprint density at radius 1 is 1.07 bits per heavy atom. The van der Waals surface area contributed by atoms with Gasteiger partial charge in [-0.25, -0.2) is 19.5 Å². The SMILES string of the molecule is COc1ccc(CN2C3CC2CN(c2ncc(-c4cc(OCCN5CC(O)C6(CC6)C5)cn5ncc(C#N)c45)cn2)C3)cn1. The molecule has 4 saturated heterocycles. The minimum atomic E-state index is -0.228. The standard InChI is InChI=1S/C32H35N9O3/c1-43-29-3-2-21(11-34-29)15-40-24-8-25(40)17-39(16-24)31-35-12-23(13-36-31)27-9-26(18-41-30(27)22(10-33)14-37-41)44-7-6-38-19-28(42)32(20-38)4-5-32/h2-3,9,11-14,18,24-25,28,42H,4-8,15-17,19-20H2,1H3. The number of nitrogens with zero attached hydrogens (tertiary/aromatic N) is 9. The highest BCUT2D eigenvalue weighted by atomic mass is 16.5. The minimum absolute atomic E-state index is 0.129. The molecule has 9 rings (SSSR count). The van der Waals surface area contributed by atoms with Crippen LogP contribution in [0.2, 0.25) is 0 Å². The van der Waals surface area contributed by atoms with Crippen molar-refractivity contribution >= 4 is 11.5 Å². The lowest BCUT2D eigenvalue weighted by atomic mass is 9.87. The molecule has 44 heavy (non-hydrogen) atoms. The van der Waals surface area contributed by atoms with E-state index in [9.17, 15) is 10.4 Å². The molecule has 5 fully saturated rings. The second-order valence-corrected chi connectivity index (χ2v) is 12.6. The van der Waals surface area contributed by atoms with E-state index < -0.39 is 0 Å². The number of fused-ring (bicyclic) bond motifs is 3. The van der Waals surface area contributed by atoms with Crippen molar-refractivity contribution in [1.82, 2.24) is 34.4 Å². The first-order chi connectivity index (χ1) is 21.5. The molecule has 226 valence electrons. The molecule has 1 aliphatic carbocycles. The number of likely N-dealkylation sites (tertiary alicyclic amines) is 1. The second-order valence-electron chi connectivity index (χ2n) is 12.6. The van der Waals surface area contributed by atoms with E-state index in [1.807, 2.05) is 36.9 Å². The molecule has 1 spiro atoms. The number of piperazine rings is 1. The number of pyridine rings is 2. The number of hydrogen-bond acceptors (Lipinski definition) is 11. The molecule has 4 aromatic heterocycles. The molecule has 12 nitrogen and oxygen atoms in total. The molecular weight excluding hydrogens is 558 g/mol. The van der Waals surface area contributed by atoms with Gasteiger partial charge in [-0.3, -0.25) is 9.80 Å². The fourth-order valence-electron chi connectivity index (χ4n) is 7.21. The Bertz CT molecular complexity index is 1700. The molecule has 4 aromatic rings. The number of ether oxygens (including phenoxy) is 2. The van der Waals surface area contributed by atoms with Gasteiger partial charge in [-0.1, -0.05) is 6.07 Å². The maximum Gasteiger partial charge on any atom is 0.225 e. The summed E-state index contributed by atoms with van der Waals surface area (Å²) < 4.78 is 13.1. The fourth-order valence-corrected chi connectivity index (χ4v) is 7.21. The lowest BCUT2D eigenvalue weighted by molar-refractivity contribution is -0.00904. The topological polar surface area (TPSA) is 128 Å². The Morgan fingerprint density at radius 2 is 1.89 bits per heavy atom. The van der Waals surface area contributed by atoms with E-state index in [-0.39, 0.29) is 11.5 Å². The molecule has 4 aliphatic heterocycles. The number of anilines is 1. The van der Waals surface area contributed by atoms with Gasteiger partial charge in [-0.05, 0) is 30.9 Å². The maximum absolute atomic E-state index is 10.4. The first kappa shape index (κ1) is 27.3. The summed E-state index contributed by atoms with van der Waals surface area (Å²) >= 11 is 0. The monoisotopic (exact) mass is 593 g/mol. The van der Waals surface area contributed by atoms with Crippen molar-refractivity contribution in [1.29, 1.82) is 5.26 Å². The van der Waals surface area contributed by atoms with Gasteiger partial charge >= 0.3 is 0 Å². The number of nitriles is 1. The number of aliphatic hydroxyl groups is 1. The van der Waals surface area contributed by atoms with Crippen LogP contribution >= 0.6 is 0 Å². The highest BCUT2D eigenvalue weighted by Crippen LogP contribution is 2.52. The Hall–Kier alpha value is -4.31. The third-order valence-corrected chi connectivity index (χ3v) is 9.90. The average molecular weight is 594 g/mol. The molecule has 0 aromatic carbocycles. The van der Waals surface area contributed by atoms with Crippen LogP contribution in [0.25, 0.3) is 16.6 Å². The van der Waals surface area contributed by atoms with Crippen molar-refractivity contribution in [3.05, 3.63) is 60.3 Å². The van der Waals surface area contributed by atoms with E-state index >= 15 is 0 Å². The average Bonchev–Trinajstić information content (AvgIpc) is 3.62. The highest BCUT2D eigenvalue weighted by Gasteiger charge is 2.54. The summed E-state index contributed by atoms with van der Waals surface area (Å²) in [6.45, 7) is 5.53. The van der Waals surface area contributed by atoms with Gasteiger partial charge in [0.15, 0.2) is 0 Å². The van der Waals surface area contributed by atoms with Gasteiger partial charge in [0, 0.05) is 92.6 Å². The third-order valence-electron chi connectivity index (χ3n) is 9.90. The van der Waals surface area contributed by atoms with Gasteiger partial charge in [0.25, 0.3) is 0 Å². The Balaban J connectivity index is 0.955. The van der Waals surface area contributed by atoms with Crippen LogP contribution in [0, 0.1) is 16.7 Å². The zero-order valence-corrected chi connectivity index (χ0v) is 24.7. The Morgan fingerprint density at radius 3 is 2.57 bits per heavy atom. The molecule has 2 bridgehead atoms. The first-order valence-electron chi connectivity index (χ1n) is 15.3. The van der Waals surface area contributed by atoms with E-state index in [1.54, 1.807) is 17.8 Å². The van der Waals surface area contributed by atoms with Crippen molar-refractivity contribution < 1.29 is 14.6 Å². The van der Waals surface area contributed by atoms with Gasteiger partial charge < -0.3 is 19.5 Å². The summed E-state index contributed by atoms with van der Waals surface area (Å²) in [5.41, 5.74) is 4.11. The summed E-state index contributed by atoms with van der Waals surface area (Å²) in [6.07, 6.45) is 12.1.